The highest BCUT2D eigenvalue weighted by Crippen LogP contribution is 2.11. The molecule has 3 nitrogen and oxygen atoms in total. The van der Waals surface area contributed by atoms with Crippen molar-refractivity contribution in [1.29, 1.82) is 0 Å². The Bertz CT molecular complexity index is 238. The second-order valence-electron chi connectivity index (χ2n) is 3.01. The van der Waals surface area contributed by atoms with E-state index < -0.39 is 0 Å². The Morgan fingerprint density at radius 2 is 2.00 bits per heavy atom. The minimum Gasteiger partial charge on any atom is -0.465 e. The van der Waals surface area contributed by atoms with Crippen LogP contribution < -0.4 is 10.5 Å². The second-order valence-corrected chi connectivity index (χ2v) is 3.01. The number of ether oxygens (including phenoxy) is 2. The van der Waals surface area contributed by atoms with E-state index in [9.17, 15) is 0 Å². The zero-order valence-electron chi connectivity index (χ0n) is 8.48. The fourth-order valence-electron chi connectivity index (χ4n) is 1.06. The first-order valence-electron chi connectivity index (χ1n) is 4.86. The van der Waals surface area contributed by atoms with Crippen LogP contribution in [0.25, 0.3) is 0 Å². The van der Waals surface area contributed by atoms with Gasteiger partial charge in [-0.05, 0) is 32.0 Å². The monoisotopic (exact) mass is 195 g/mol. The molecule has 1 rings (SSSR count). The van der Waals surface area contributed by atoms with Gasteiger partial charge in [-0.2, -0.15) is 0 Å². The average Bonchev–Trinajstić information content (AvgIpc) is 2.20. The van der Waals surface area contributed by atoms with E-state index in [4.69, 9.17) is 15.2 Å². The smallest absolute Gasteiger partial charge is 0.196 e. The van der Waals surface area contributed by atoms with Crippen molar-refractivity contribution in [2.45, 2.75) is 19.6 Å². The maximum absolute atomic E-state index is 5.50. The van der Waals surface area contributed by atoms with E-state index >= 15 is 0 Å². The lowest BCUT2D eigenvalue weighted by molar-refractivity contribution is -0.0667. The van der Waals surface area contributed by atoms with E-state index in [2.05, 4.69) is 0 Å². The van der Waals surface area contributed by atoms with Crippen LogP contribution in [0.15, 0.2) is 30.3 Å². The van der Waals surface area contributed by atoms with E-state index in [1.807, 2.05) is 37.3 Å². The molecule has 1 aromatic rings. The summed E-state index contributed by atoms with van der Waals surface area (Å²) in [6.45, 7) is 3.17. The lowest BCUT2D eigenvalue weighted by Gasteiger charge is -2.14. The van der Waals surface area contributed by atoms with Crippen LogP contribution in [0.3, 0.4) is 0 Å². The summed E-state index contributed by atoms with van der Waals surface area (Å²) in [4.78, 5) is 0. The van der Waals surface area contributed by atoms with Gasteiger partial charge in [-0.3, -0.25) is 0 Å². The lowest BCUT2D eigenvalue weighted by Crippen LogP contribution is -2.18. The van der Waals surface area contributed by atoms with E-state index in [-0.39, 0.29) is 6.29 Å². The molecule has 0 saturated carbocycles. The fraction of sp³-hybridized carbons (Fsp3) is 0.455. The molecule has 0 heterocycles. The molecule has 0 radical (unpaired) electrons. The number of hydrogen-bond acceptors (Lipinski definition) is 3. The largest absolute Gasteiger partial charge is 0.465 e. The summed E-state index contributed by atoms with van der Waals surface area (Å²) >= 11 is 0. The van der Waals surface area contributed by atoms with Crippen LogP contribution in [0.5, 0.6) is 5.75 Å². The van der Waals surface area contributed by atoms with Crippen molar-refractivity contribution >= 4 is 0 Å². The van der Waals surface area contributed by atoms with Crippen LogP contribution in [-0.2, 0) is 4.74 Å². The number of benzene rings is 1. The van der Waals surface area contributed by atoms with E-state index in [0.29, 0.717) is 13.2 Å². The third kappa shape index (κ3) is 4.25. The van der Waals surface area contributed by atoms with Crippen molar-refractivity contribution in [2.75, 3.05) is 13.2 Å². The Labute approximate surface area is 84.8 Å². The molecule has 0 amide bonds. The van der Waals surface area contributed by atoms with Crippen molar-refractivity contribution in [2.24, 2.45) is 5.73 Å². The highest BCUT2D eigenvalue weighted by Gasteiger charge is 2.02. The molecule has 0 aliphatic heterocycles. The molecule has 3 heteroatoms. The molecule has 2 N–H and O–H groups in total. The van der Waals surface area contributed by atoms with Crippen LogP contribution in [-0.4, -0.2) is 19.4 Å². The Kier molecular flexibility index (Phi) is 5.04. The molecule has 0 aliphatic carbocycles. The summed E-state index contributed by atoms with van der Waals surface area (Å²) in [7, 11) is 0. The van der Waals surface area contributed by atoms with Crippen molar-refractivity contribution in [3.63, 3.8) is 0 Å². The van der Waals surface area contributed by atoms with E-state index in [1.54, 1.807) is 0 Å². The minimum atomic E-state index is -0.219. The van der Waals surface area contributed by atoms with Gasteiger partial charge in [-0.1, -0.05) is 18.2 Å². The standard InChI is InChI=1S/C11H17NO2/c1-10(13-9-5-8-12)14-11-6-3-2-4-7-11/h2-4,6-7,10H,5,8-9,12H2,1H3. The molecule has 1 unspecified atom stereocenters. The molecule has 0 fully saturated rings. The van der Waals surface area contributed by atoms with Crippen LogP contribution in [0, 0.1) is 0 Å². The summed E-state index contributed by atoms with van der Waals surface area (Å²) in [5.41, 5.74) is 5.35. The average molecular weight is 195 g/mol. The normalized spacial score (nSPS) is 12.4. The molecule has 0 aromatic heterocycles. The van der Waals surface area contributed by atoms with Gasteiger partial charge >= 0.3 is 0 Å². The molecular formula is C11H17NO2. The second kappa shape index (κ2) is 6.40. The fourth-order valence-corrected chi connectivity index (χ4v) is 1.06. The Hall–Kier alpha value is -1.06. The minimum absolute atomic E-state index is 0.219. The topological polar surface area (TPSA) is 44.5 Å². The van der Waals surface area contributed by atoms with Crippen LogP contribution in [0.1, 0.15) is 13.3 Å². The highest BCUT2D eigenvalue weighted by molar-refractivity contribution is 5.20. The summed E-state index contributed by atoms with van der Waals surface area (Å²) in [6, 6.07) is 9.63. The van der Waals surface area contributed by atoms with Gasteiger partial charge in [0.05, 0.1) is 6.61 Å². The van der Waals surface area contributed by atoms with Gasteiger partial charge in [-0.25, -0.2) is 0 Å². The summed E-state index contributed by atoms with van der Waals surface area (Å²) in [5, 5.41) is 0. The van der Waals surface area contributed by atoms with Gasteiger partial charge in [0.15, 0.2) is 6.29 Å². The zero-order chi connectivity index (χ0) is 10.2. The predicted molar refractivity (Wildman–Crippen MR) is 56.2 cm³/mol. The first-order valence-corrected chi connectivity index (χ1v) is 4.86. The maximum atomic E-state index is 5.50. The number of rotatable bonds is 6. The third-order valence-electron chi connectivity index (χ3n) is 1.75. The van der Waals surface area contributed by atoms with Crippen LogP contribution in [0.2, 0.25) is 0 Å². The molecular weight excluding hydrogens is 178 g/mol. The summed E-state index contributed by atoms with van der Waals surface area (Å²) in [5.74, 6) is 0.827. The van der Waals surface area contributed by atoms with Crippen molar-refractivity contribution in [3.05, 3.63) is 30.3 Å². The van der Waals surface area contributed by atoms with Crippen molar-refractivity contribution < 1.29 is 9.47 Å². The lowest BCUT2D eigenvalue weighted by atomic mass is 10.3. The highest BCUT2D eigenvalue weighted by atomic mass is 16.7. The molecule has 0 spiro atoms. The van der Waals surface area contributed by atoms with Crippen molar-refractivity contribution in [3.8, 4) is 5.75 Å². The van der Waals surface area contributed by atoms with Gasteiger partial charge in [0.2, 0.25) is 0 Å². The predicted octanol–water partition coefficient (Wildman–Crippen LogP) is 1.78. The zero-order valence-corrected chi connectivity index (χ0v) is 8.48. The number of nitrogens with two attached hydrogens (primary N) is 1. The molecule has 1 atom stereocenters. The number of hydrogen-bond donors (Lipinski definition) is 1. The quantitative estimate of drug-likeness (QED) is 0.556. The first-order chi connectivity index (χ1) is 6.83. The molecule has 0 bridgehead atoms. The van der Waals surface area contributed by atoms with Gasteiger partial charge in [-0.15, -0.1) is 0 Å². The SMILES string of the molecule is CC(OCCCN)Oc1ccccc1. The number of para-hydroxylation sites is 1. The van der Waals surface area contributed by atoms with Crippen LogP contribution >= 0.6 is 0 Å². The summed E-state index contributed by atoms with van der Waals surface area (Å²) < 4.78 is 10.9. The van der Waals surface area contributed by atoms with E-state index in [1.165, 1.54) is 0 Å². The molecule has 78 valence electrons. The van der Waals surface area contributed by atoms with Crippen LogP contribution in [0.4, 0.5) is 0 Å². The van der Waals surface area contributed by atoms with Gasteiger partial charge < -0.3 is 15.2 Å². The molecule has 0 saturated heterocycles. The Morgan fingerprint density at radius 1 is 1.29 bits per heavy atom. The Morgan fingerprint density at radius 3 is 2.64 bits per heavy atom. The molecule has 1 aromatic carbocycles. The third-order valence-corrected chi connectivity index (χ3v) is 1.75. The van der Waals surface area contributed by atoms with Crippen molar-refractivity contribution in [1.82, 2.24) is 0 Å². The molecule has 0 aliphatic rings. The molecule has 14 heavy (non-hydrogen) atoms. The first kappa shape index (κ1) is 11.0. The maximum Gasteiger partial charge on any atom is 0.196 e. The van der Waals surface area contributed by atoms with Gasteiger partial charge in [0.1, 0.15) is 5.75 Å². The van der Waals surface area contributed by atoms with Gasteiger partial charge in [0.25, 0.3) is 0 Å². The van der Waals surface area contributed by atoms with E-state index in [0.717, 1.165) is 12.2 Å². The van der Waals surface area contributed by atoms with Gasteiger partial charge in [0, 0.05) is 0 Å². The Balaban J connectivity index is 2.23. The summed E-state index contributed by atoms with van der Waals surface area (Å²) in [6.07, 6.45) is 0.645.